The van der Waals surface area contributed by atoms with Crippen LogP contribution in [-0.2, 0) is 35.1 Å². The van der Waals surface area contributed by atoms with Gasteiger partial charge in [0.1, 0.15) is 0 Å². The van der Waals surface area contributed by atoms with Gasteiger partial charge >= 0.3 is 41.3 Å². The number of fused-ring (bicyclic) bond motifs is 1. The Morgan fingerprint density at radius 1 is 0.765 bits per heavy atom. The zero-order chi connectivity index (χ0) is 25.1. The summed E-state index contributed by atoms with van der Waals surface area (Å²) in [6.45, 7) is 17.0. The molecular formula is C31H39ClOZr-2. The Kier molecular flexibility index (Phi) is 14.5. The summed E-state index contributed by atoms with van der Waals surface area (Å²) in [5.41, 5.74) is 2.17. The van der Waals surface area contributed by atoms with E-state index in [1.165, 1.54) is 19.5 Å². The van der Waals surface area contributed by atoms with E-state index in [1.807, 2.05) is 36.4 Å². The minimum atomic E-state index is -0.0711. The summed E-state index contributed by atoms with van der Waals surface area (Å²) < 4.78 is 1.51. The molecule has 0 radical (unpaired) electrons. The minimum absolute atomic E-state index is 0. The van der Waals surface area contributed by atoms with Gasteiger partial charge in [-0.1, -0.05) is 71.4 Å². The van der Waals surface area contributed by atoms with Crippen molar-refractivity contribution >= 4 is 14.0 Å². The molecule has 0 saturated heterocycles. The van der Waals surface area contributed by atoms with Crippen LogP contribution in [0.4, 0.5) is 0 Å². The number of benzene rings is 2. The maximum atomic E-state index is 11.7. The largest absolute Gasteiger partial charge is 1.00 e. The fourth-order valence-electron chi connectivity index (χ4n) is 2.97. The Balaban J connectivity index is 0.000000482. The van der Waals surface area contributed by atoms with E-state index >= 15 is 0 Å². The number of halogens is 1. The van der Waals surface area contributed by atoms with Crippen LogP contribution in [0.1, 0.15) is 66.5 Å². The van der Waals surface area contributed by atoms with Crippen LogP contribution in [0.3, 0.4) is 0 Å². The number of rotatable bonds is 0. The van der Waals surface area contributed by atoms with Gasteiger partial charge in [0.2, 0.25) is 0 Å². The Labute approximate surface area is 228 Å². The number of hydrogen-bond donors (Lipinski definition) is 0. The third kappa shape index (κ3) is 12.6. The molecule has 4 rings (SSSR count). The van der Waals surface area contributed by atoms with Crippen LogP contribution in [-0.4, -0.2) is 3.21 Å². The molecule has 0 amide bonds. The topological polar surface area (TPSA) is 23.1 Å². The van der Waals surface area contributed by atoms with Gasteiger partial charge in [-0.05, 0) is 16.4 Å². The van der Waals surface area contributed by atoms with E-state index in [0.29, 0.717) is 0 Å². The molecule has 0 aromatic heterocycles. The van der Waals surface area contributed by atoms with Crippen molar-refractivity contribution in [2.24, 2.45) is 0 Å². The smallest absolute Gasteiger partial charge is 0.0809 e. The number of hydrogen-bond acceptors (Lipinski definition) is 1. The summed E-state index contributed by atoms with van der Waals surface area (Å²) in [5.74, 6) is 0.149. The molecule has 34 heavy (non-hydrogen) atoms. The maximum Gasteiger partial charge on any atom is -0.0809 e. The van der Waals surface area contributed by atoms with Crippen LogP contribution in [0.15, 0.2) is 91.0 Å². The van der Waals surface area contributed by atoms with Crippen molar-refractivity contribution in [3.8, 4) is 5.75 Å². The molecule has 0 spiro atoms. The molecule has 182 valence electrons. The first-order valence-electron chi connectivity index (χ1n) is 11.4. The molecule has 0 aliphatic heterocycles. The first kappa shape index (κ1) is 32.2. The van der Waals surface area contributed by atoms with E-state index in [9.17, 15) is 5.11 Å². The Bertz CT molecular complexity index is 1030. The average Bonchev–Trinajstić information content (AvgIpc) is 3.41. The van der Waals surface area contributed by atoms with Gasteiger partial charge in [-0.3, -0.25) is 0 Å². The molecule has 0 heterocycles. The summed E-state index contributed by atoms with van der Waals surface area (Å²) in [6, 6.07) is 30.4. The van der Waals surface area contributed by atoms with Gasteiger partial charge in [0.15, 0.2) is 0 Å². The Morgan fingerprint density at radius 2 is 1.32 bits per heavy atom. The molecule has 4 aromatic rings. The summed E-state index contributed by atoms with van der Waals surface area (Å²) in [6.07, 6.45) is 0. The third-order valence-electron chi connectivity index (χ3n) is 4.76. The predicted octanol–water partition coefficient (Wildman–Crippen LogP) is 5.07. The van der Waals surface area contributed by atoms with Crippen LogP contribution in [0.25, 0.3) is 10.8 Å². The summed E-state index contributed by atoms with van der Waals surface area (Å²) in [4.78, 5) is 0. The van der Waals surface area contributed by atoms with Crippen LogP contribution < -0.4 is 17.5 Å². The van der Waals surface area contributed by atoms with E-state index < -0.39 is 0 Å². The second-order valence-electron chi connectivity index (χ2n) is 10.3. The van der Waals surface area contributed by atoms with Crippen LogP contribution in [0.2, 0.25) is 0 Å². The second-order valence-corrected chi connectivity index (χ2v) is 12.8. The molecule has 3 heteroatoms. The maximum absolute atomic E-state index is 11.7. The monoisotopic (exact) mass is 552 g/mol. The molecule has 1 nitrogen and oxygen atoms in total. The predicted molar refractivity (Wildman–Crippen MR) is 141 cm³/mol. The van der Waals surface area contributed by atoms with E-state index in [-0.39, 0.29) is 29.0 Å². The van der Waals surface area contributed by atoms with Gasteiger partial charge in [-0.15, -0.1) is 35.4 Å². The van der Waals surface area contributed by atoms with Crippen molar-refractivity contribution in [1.29, 1.82) is 0 Å². The van der Waals surface area contributed by atoms with Crippen molar-refractivity contribution in [2.75, 3.05) is 0 Å². The van der Waals surface area contributed by atoms with E-state index in [1.54, 1.807) is 30.3 Å². The van der Waals surface area contributed by atoms with Gasteiger partial charge in [0.25, 0.3) is 0 Å². The third-order valence-corrected chi connectivity index (χ3v) is 4.76. The van der Waals surface area contributed by atoms with Gasteiger partial charge in [-0.25, -0.2) is 12.1 Å². The van der Waals surface area contributed by atoms with Gasteiger partial charge < -0.3 is 17.5 Å². The Hall–Kier alpha value is -1.76. The van der Waals surface area contributed by atoms with Gasteiger partial charge in [-0.2, -0.15) is 35.7 Å². The first-order chi connectivity index (χ1) is 15.3. The van der Waals surface area contributed by atoms with Crippen LogP contribution >= 0.6 is 0 Å². The molecule has 0 aliphatic carbocycles. The Morgan fingerprint density at radius 3 is 1.76 bits per heavy atom. The normalized spacial score (nSPS) is 10.4. The minimum Gasteiger partial charge on any atom is -1.00 e. The fraction of sp³-hybridized carbons (Fsp3) is 0.323. The van der Waals surface area contributed by atoms with Crippen LogP contribution in [0.5, 0.6) is 5.75 Å². The average molecular weight is 554 g/mol. The van der Waals surface area contributed by atoms with Crippen molar-refractivity contribution in [2.45, 2.75) is 66.2 Å². The molecule has 0 fully saturated rings. The molecule has 4 aromatic carbocycles. The van der Waals surface area contributed by atoms with Crippen molar-refractivity contribution in [3.63, 3.8) is 0 Å². The van der Waals surface area contributed by atoms with Gasteiger partial charge in [0.05, 0.1) is 0 Å². The van der Waals surface area contributed by atoms with E-state index in [2.05, 4.69) is 104 Å². The van der Waals surface area contributed by atoms with Crippen molar-refractivity contribution < 1.29 is 41.7 Å². The molecule has 0 N–H and O–H groups in total. The molecule has 0 bridgehead atoms. The zero-order valence-electron chi connectivity index (χ0n) is 21.9. The SMILES string of the molecule is CC(C)(C)c1ccc([O-])c(C(C)(C)C)c1.C[C](C)=[Zr+2].[Cl-].c1cc[cH-]c1.c1ccc2[cH-]ccc2c1. The summed E-state index contributed by atoms with van der Waals surface area (Å²) in [7, 11) is 0. The molecule has 0 saturated carbocycles. The molecule has 0 atom stereocenters. The quantitative estimate of drug-likeness (QED) is 0.279. The fourth-order valence-corrected chi connectivity index (χ4v) is 2.97. The molecule has 0 aliphatic rings. The van der Waals surface area contributed by atoms with Crippen molar-refractivity contribution in [1.82, 2.24) is 0 Å². The van der Waals surface area contributed by atoms with Gasteiger partial charge in [0, 0.05) is 0 Å². The second kappa shape index (κ2) is 15.3. The molecular weight excluding hydrogens is 515 g/mol. The first-order valence-corrected chi connectivity index (χ1v) is 12.7. The zero-order valence-corrected chi connectivity index (χ0v) is 25.2. The standard InChI is InChI=1S/C14H22O.C9H7.C5H5.C3H6.ClH.Zr/c1-13(2,3)10-7-8-12(15)11(9-10)14(4,5)6;1-2-5-9-7-3-6-8(9)4-1;1-2-4-5-3-1;1-3-2;;/h7-9,15H,1-6H3;1-7H;1-5H;1-2H3;1H;/q;2*-1;;;+2/p-2. The summed E-state index contributed by atoms with van der Waals surface area (Å²) in [5, 5.41) is 14.4. The molecule has 0 unspecified atom stereocenters. The summed E-state index contributed by atoms with van der Waals surface area (Å²) >= 11 is 1.55. The van der Waals surface area contributed by atoms with E-state index in [4.69, 9.17) is 0 Å². The van der Waals surface area contributed by atoms with E-state index in [0.717, 1.165) is 5.56 Å². The van der Waals surface area contributed by atoms with Crippen LogP contribution in [0, 0.1) is 0 Å². The van der Waals surface area contributed by atoms with Crippen molar-refractivity contribution in [3.05, 3.63) is 102 Å².